The maximum atomic E-state index is 15.0. The van der Waals surface area contributed by atoms with Crippen molar-refractivity contribution in [3.8, 4) is 5.75 Å². The number of carbonyl (C=O) groups excluding carboxylic acids is 2. The quantitative estimate of drug-likeness (QED) is 0.352. The van der Waals surface area contributed by atoms with Crippen molar-refractivity contribution in [2.75, 3.05) is 26.8 Å². The van der Waals surface area contributed by atoms with Gasteiger partial charge in [-0.15, -0.1) is 0 Å². The van der Waals surface area contributed by atoms with Crippen molar-refractivity contribution < 1.29 is 40.7 Å². The molecule has 0 aromatic heterocycles. The van der Waals surface area contributed by atoms with Crippen molar-refractivity contribution in [3.05, 3.63) is 59.7 Å². The molecule has 1 N–H and O–H groups in total. The second-order valence-corrected chi connectivity index (χ2v) is 11.6. The highest BCUT2D eigenvalue weighted by molar-refractivity contribution is 7.89. The third kappa shape index (κ3) is 7.04. The van der Waals surface area contributed by atoms with Crippen LogP contribution in [0.3, 0.4) is 0 Å². The summed E-state index contributed by atoms with van der Waals surface area (Å²) >= 11 is 0. The van der Waals surface area contributed by atoms with E-state index in [1.54, 1.807) is 13.8 Å². The lowest BCUT2D eigenvalue weighted by molar-refractivity contribution is -0.131. The summed E-state index contributed by atoms with van der Waals surface area (Å²) < 4.78 is 78.5. The number of esters is 1. The number of sulfonamides is 1. The summed E-state index contributed by atoms with van der Waals surface area (Å²) in [6.45, 7) is 3.05. The van der Waals surface area contributed by atoms with Gasteiger partial charge in [-0.1, -0.05) is 13.8 Å². The molecule has 0 spiro atoms. The standard InChI is InChI=1S/C26H31F3N2O6S/c1-26(2,12-4-14-37-23-10-7-18(27)15-20(23)28)25(33)30-22-11-13-31(16-21(22)29)38(34,35)19-8-5-17(6-9-19)24(32)36-3/h5-10,15,21-22H,4,11-14,16H2,1-3H3,(H,30,33)/t21-,22-/m1/s1. The number of methoxy groups -OCH3 is 1. The van der Waals surface area contributed by atoms with Gasteiger partial charge < -0.3 is 14.8 Å². The number of ether oxygens (including phenoxy) is 2. The van der Waals surface area contributed by atoms with E-state index in [9.17, 15) is 26.8 Å². The number of piperidine rings is 1. The van der Waals surface area contributed by atoms with Crippen LogP contribution >= 0.6 is 0 Å². The summed E-state index contributed by atoms with van der Waals surface area (Å²) in [5.74, 6) is -2.62. The topological polar surface area (TPSA) is 102 Å². The minimum Gasteiger partial charge on any atom is -0.491 e. The number of nitrogens with one attached hydrogen (secondary N) is 1. The number of benzene rings is 2. The summed E-state index contributed by atoms with van der Waals surface area (Å²) in [6.07, 6.45) is -0.803. The van der Waals surface area contributed by atoms with Crippen LogP contribution in [-0.4, -0.2) is 63.6 Å². The van der Waals surface area contributed by atoms with E-state index < -0.39 is 57.7 Å². The van der Waals surface area contributed by atoms with Gasteiger partial charge in [0.05, 0.1) is 30.2 Å². The van der Waals surface area contributed by atoms with Crippen LogP contribution in [0.4, 0.5) is 13.2 Å². The molecule has 12 heteroatoms. The lowest BCUT2D eigenvalue weighted by atomic mass is 9.86. The lowest BCUT2D eigenvalue weighted by Gasteiger charge is -2.36. The van der Waals surface area contributed by atoms with E-state index in [0.29, 0.717) is 12.8 Å². The molecule has 1 amide bonds. The normalized spacial score (nSPS) is 18.6. The van der Waals surface area contributed by atoms with Crippen LogP contribution in [0.5, 0.6) is 5.75 Å². The fraction of sp³-hybridized carbons (Fsp3) is 0.462. The summed E-state index contributed by atoms with van der Waals surface area (Å²) in [5, 5.41) is 2.69. The zero-order valence-corrected chi connectivity index (χ0v) is 22.2. The number of rotatable bonds is 10. The molecule has 0 radical (unpaired) electrons. The molecule has 0 saturated carbocycles. The predicted octanol–water partition coefficient (Wildman–Crippen LogP) is 3.85. The van der Waals surface area contributed by atoms with Gasteiger partial charge in [0.25, 0.3) is 0 Å². The molecule has 1 aliphatic rings. The van der Waals surface area contributed by atoms with Crippen LogP contribution in [0.1, 0.15) is 43.5 Å². The van der Waals surface area contributed by atoms with Crippen LogP contribution in [0.2, 0.25) is 0 Å². The molecule has 0 unspecified atom stereocenters. The van der Waals surface area contributed by atoms with Crippen LogP contribution in [0, 0.1) is 17.0 Å². The van der Waals surface area contributed by atoms with Crippen LogP contribution in [0.15, 0.2) is 47.4 Å². The Hall–Kier alpha value is -3.12. The van der Waals surface area contributed by atoms with Crippen molar-refractivity contribution >= 4 is 21.9 Å². The maximum absolute atomic E-state index is 15.0. The second-order valence-electron chi connectivity index (χ2n) is 9.67. The van der Waals surface area contributed by atoms with E-state index in [1.807, 2.05) is 0 Å². The molecule has 208 valence electrons. The SMILES string of the molecule is COC(=O)c1ccc(S(=O)(=O)N2CC[C@@H](NC(=O)C(C)(C)CCCOc3ccc(F)cc3F)[C@H](F)C2)cc1. The van der Waals surface area contributed by atoms with Crippen molar-refractivity contribution in [3.63, 3.8) is 0 Å². The number of carbonyl (C=O) groups is 2. The summed E-state index contributed by atoms with van der Waals surface area (Å²) in [5.41, 5.74) is -0.706. The third-order valence-electron chi connectivity index (χ3n) is 6.45. The van der Waals surface area contributed by atoms with Crippen LogP contribution in [-0.2, 0) is 19.6 Å². The Morgan fingerprint density at radius 3 is 2.42 bits per heavy atom. The fourth-order valence-electron chi connectivity index (χ4n) is 4.05. The Kier molecular flexibility index (Phi) is 9.42. The molecule has 3 rings (SSSR count). The number of halogens is 3. The Morgan fingerprint density at radius 1 is 1.13 bits per heavy atom. The van der Waals surface area contributed by atoms with Crippen molar-refractivity contribution in [2.24, 2.45) is 5.41 Å². The minimum absolute atomic E-state index is 0.00392. The average molecular weight is 557 g/mol. The van der Waals surface area contributed by atoms with Crippen molar-refractivity contribution in [1.82, 2.24) is 9.62 Å². The summed E-state index contributed by atoms with van der Waals surface area (Å²) in [4.78, 5) is 24.3. The first-order valence-electron chi connectivity index (χ1n) is 12.1. The Balaban J connectivity index is 1.51. The number of nitrogens with zero attached hydrogens (tertiary/aromatic N) is 1. The van der Waals surface area contributed by atoms with Crippen LogP contribution < -0.4 is 10.1 Å². The van der Waals surface area contributed by atoms with Crippen molar-refractivity contribution in [2.45, 2.75) is 50.2 Å². The number of hydrogen-bond donors (Lipinski definition) is 1. The molecule has 2 aromatic rings. The molecule has 1 saturated heterocycles. The van der Waals surface area contributed by atoms with Gasteiger partial charge in [0.2, 0.25) is 15.9 Å². The van der Waals surface area contributed by atoms with E-state index in [-0.39, 0.29) is 35.8 Å². The predicted molar refractivity (Wildman–Crippen MR) is 133 cm³/mol. The monoisotopic (exact) mass is 556 g/mol. The van der Waals surface area contributed by atoms with E-state index >= 15 is 4.39 Å². The molecule has 0 aliphatic carbocycles. The molecular weight excluding hydrogens is 525 g/mol. The van der Waals surface area contributed by atoms with Gasteiger partial charge in [-0.2, -0.15) is 4.31 Å². The maximum Gasteiger partial charge on any atom is 0.337 e. The largest absolute Gasteiger partial charge is 0.491 e. The van der Waals surface area contributed by atoms with E-state index in [0.717, 1.165) is 16.4 Å². The molecule has 1 fully saturated rings. The first kappa shape index (κ1) is 29.4. The van der Waals surface area contributed by atoms with Gasteiger partial charge in [0.15, 0.2) is 11.6 Å². The first-order chi connectivity index (χ1) is 17.8. The van der Waals surface area contributed by atoms with Crippen molar-refractivity contribution in [1.29, 1.82) is 0 Å². The van der Waals surface area contributed by atoms with Gasteiger partial charge in [0, 0.05) is 24.6 Å². The van der Waals surface area contributed by atoms with E-state index in [2.05, 4.69) is 10.1 Å². The van der Waals surface area contributed by atoms with Gasteiger partial charge in [-0.05, 0) is 55.7 Å². The first-order valence-corrected chi connectivity index (χ1v) is 13.5. The molecular formula is C26H31F3N2O6S. The molecule has 1 heterocycles. The summed E-state index contributed by atoms with van der Waals surface area (Å²) in [6, 6.07) is 7.30. The second kappa shape index (κ2) is 12.2. The zero-order chi connectivity index (χ0) is 28.1. The molecule has 2 atom stereocenters. The van der Waals surface area contributed by atoms with Gasteiger partial charge in [-0.25, -0.2) is 26.4 Å². The third-order valence-corrected chi connectivity index (χ3v) is 8.33. The highest BCUT2D eigenvalue weighted by atomic mass is 32.2. The average Bonchev–Trinajstić information content (AvgIpc) is 2.88. The van der Waals surface area contributed by atoms with Crippen LogP contribution in [0.25, 0.3) is 0 Å². The number of alkyl halides is 1. The Bertz CT molecular complexity index is 1250. The van der Waals surface area contributed by atoms with Gasteiger partial charge in [0.1, 0.15) is 12.0 Å². The highest BCUT2D eigenvalue weighted by Gasteiger charge is 2.38. The van der Waals surface area contributed by atoms with Gasteiger partial charge >= 0.3 is 5.97 Å². The Morgan fingerprint density at radius 2 is 1.82 bits per heavy atom. The Labute approximate surface area is 220 Å². The van der Waals surface area contributed by atoms with E-state index in [1.165, 1.54) is 37.4 Å². The molecule has 0 bridgehead atoms. The lowest BCUT2D eigenvalue weighted by Crippen LogP contribution is -2.55. The molecule has 1 aliphatic heterocycles. The number of hydrogen-bond acceptors (Lipinski definition) is 6. The molecule has 8 nitrogen and oxygen atoms in total. The molecule has 2 aromatic carbocycles. The van der Waals surface area contributed by atoms with E-state index in [4.69, 9.17) is 4.74 Å². The van der Waals surface area contributed by atoms with Gasteiger partial charge in [-0.3, -0.25) is 4.79 Å². The smallest absolute Gasteiger partial charge is 0.337 e. The fourth-order valence-corrected chi connectivity index (χ4v) is 5.52. The summed E-state index contributed by atoms with van der Waals surface area (Å²) in [7, 11) is -2.79. The number of amides is 1. The zero-order valence-electron chi connectivity index (χ0n) is 21.4. The highest BCUT2D eigenvalue weighted by Crippen LogP contribution is 2.27. The minimum atomic E-state index is -4.00. The molecule has 38 heavy (non-hydrogen) atoms.